The summed E-state index contributed by atoms with van der Waals surface area (Å²) >= 11 is 0. The van der Waals surface area contributed by atoms with Crippen LogP contribution in [0, 0.1) is 0 Å². The predicted molar refractivity (Wildman–Crippen MR) is 101 cm³/mol. The molecular formula is C20H17N3O5. The summed E-state index contributed by atoms with van der Waals surface area (Å²) in [5, 5.41) is 2.63. The quantitative estimate of drug-likeness (QED) is 0.591. The number of benzene rings is 2. The van der Waals surface area contributed by atoms with Crippen molar-refractivity contribution in [1.82, 2.24) is 10.9 Å². The number of amides is 3. The van der Waals surface area contributed by atoms with E-state index in [1.165, 1.54) is 25.5 Å². The number of hydrogen-bond acceptors (Lipinski definition) is 5. The van der Waals surface area contributed by atoms with E-state index in [0.29, 0.717) is 17.0 Å². The molecule has 0 atom stereocenters. The first-order chi connectivity index (χ1) is 13.6. The Labute approximate surface area is 160 Å². The predicted octanol–water partition coefficient (Wildman–Crippen LogP) is 2.62. The van der Waals surface area contributed by atoms with Crippen LogP contribution in [0.4, 0.5) is 5.69 Å². The van der Waals surface area contributed by atoms with Gasteiger partial charge < -0.3 is 14.5 Å². The first-order valence-electron chi connectivity index (χ1n) is 8.26. The van der Waals surface area contributed by atoms with Gasteiger partial charge in [0, 0.05) is 16.8 Å². The highest BCUT2D eigenvalue weighted by Crippen LogP contribution is 2.14. The third kappa shape index (κ3) is 4.55. The van der Waals surface area contributed by atoms with Crippen molar-refractivity contribution in [3.05, 3.63) is 83.8 Å². The third-order valence-electron chi connectivity index (χ3n) is 3.75. The van der Waals surface area contributed by atoms with Gasteiger partial charge in [-0.05, 0) is 48.5 Å². The lowest BCUT2D eigenvalue weighted by Crippen LogP contribution is -2.41. The molecule has 0 spiro atoms. The highest BCUT2D eigenvalue weighted by molar-refractivity contribution is 6.03. The Balaban J connectivity index is 1.61. The molecule has 0 aliphatic carbocycles. The highest BCUT2D eigenvalue weighted by atomic mass is 16.5. The smallest absolute Gasteiger partial charge is 0.291 e. The molecule has 1 heterocycles. The van der Waals surface area contributed by atoms with Crippen molar-refractivity contribution in [3.63, 3.8) is 0 Å². The minimum Gasteiger partial charge on any atom is -0.497 e. The Morgan fingerprint density at radius 1 is 0.821 bits per heavy atom. The number of hydrogen-bond donors (Lipinski definition) is 3. The number of rotatable bonds is 5. The fourth-order valence-corrected chi connectivity index (χ4v) is 2.36. The van der Waals surface area contributed by atoms with E-state index in [2.05, 4.69) is 16.2 Å². The number of nitrogens with one attached hydrogen (secondary N) is 3. The van der Waals surface area contributed by atoms with E-state index in [1.807, 2.05) is 0 Å². The molecule has 0 aliphatic heterocycles. The van der Waals surface area contributed by atoms with Crippen LogP contribution in [0.5, 0.6) is 5.75 Å². The van der Waals surface area contributed by atoms with Crippen LogP contribution in [0.3, 0.4) is 0 Å². The Morgan fingerprint density at radius 2 is 1.50 bits per heavy atom. The van der Waals surface area contributed by atoms with Gasteiger partial charge in [-0.1, -0.05) is 12.1 Å². The standard InChI is InChI=1S/C20H17N3O5/c1-27-16-8-3-6-14(12-16)19(25)23-22-18(24)13-5-2-7-15(11-13)21-20(26)17-9-4-10-28-17/h2-12H,1H3,(H,21,26)(H,22,24)(H,23,25). The molecule has 0 saturated carbocycles. The number of carbonyl (C=O) groups is 3. The topological polar surface area (TPSA) is 110 Å². The van der Waals surface area contributed by atoms with E-state index >= 15 is 0 Å². The van der Waals surface area contributed by atoms with E-state index in [-0.39, 0.29) is 11.3 Å². The Kier molecular flexibility index (Phi) is 5.71. The lowest BCUT2D eigenvalue weighted by atomic mass is 10.2. The van der Waals surface area contributed by atoms with E-state index < -0.39 is 17.7 Å². The fraction of sp³-hybridized carbons (Fsp3) is 0.0500. The van der Waals surface area contributed by atoms with Crippen molar-refractivity contribution in [2.75, 3.05) is 12.4 Å². The minimum absolute atomic E-state index is 0.153. The van der Waals surface area contributed by atoms with Gasteiger partial charge in [0.15, 0.2) is 5.76 Å². The van der Waals surface area contributed by atoms with Crippen LogP contribution in [-0.2, 0) is 0 Å². The molecule has 8 heteroatoms. The molecule has 3 N–H and O–H groups in total. The summed E-state index contributed by atoms with van der Waals surface area (Å²) in [7, 11) is 1.50. The Hall–Kier alpha value is -4.07. The van der Waals surface area contributed by atoms with Crippen molar-refractivity contribution in [2.45, 2.75) is 0 Å². The molecule has 8 nitrogen and oxygen atoms in total. The number of hydrazine groups is 1. The van der Waals surface area contributed by atoms with Gasteiger partial charge >= 0.3 is 0 Å². The second-order valence-electron chi connectivity index (χ2n) is 5.65. The molecule has 3 rings (SSSR count). The van der Waals surface area contributed by atoms with Gasteiger partial charge in [0.05, 0.1) is 13.4 Å². The summed E-state index contributed by atoms with van der Waals surface area (Å²) < 4.78 is 10.1. The maximum absolute atomic E-state index is 12.3. The molecule has 0 radical (unpaired) electrons. The summed E-state index contributed by atoms with van der Waals surface area (Å²) in [5.74, 6) is -0.784. The van der Waals surface area contributed by atoms with Crippen LogP contribution >= 0.6 is 0 Å². The second kappa shape index (κ2) is 8.54. The molecular weight excluding hydrogens is 362 g/mol. The van der Waals surface area contributed by atoms with Crippen LogP contribution < -0.4 is 20.9 Å². The van der Waals surface area contributed by atoms with Gasteiger partial charge in [-0.25, -0.2) is 0 Å². The molecule has 2 aromatic carbocycles. The number of anilines is 1. The number of ether oxygens (including phenoxy) is 1. The van der Waals surface area contributed by atoms with Crippen molar-refractivity contribution in [1.29, 1.82) is 0 Å². The molecule has 142 valence electrons. The molecule has 3 aromatic rings. The Morgan fingerprint density at radius 3 is 2.14 bits per heavy atom. The minimum atomic E-state index is -0.537. The van der Waals surface area contributed by atoms with Gasteiger partial charge in [0.1, 0.15) is 5.75 Å². The second-order valence-corrected chi connectivity index (χ2v) is 5.65. The van der Waals surface area contributed by atoms with Crippen LogP contribution in [0.25, 0.3) is 0 Å². The van der Waals surface area contributed by atoms with Gasteiger partial charge in [-0.3, -0.25) is 25.2 Å². The van der Waals surface area contributed by atoms with Crippen LogP contribution in [-0.4, -0.2) is 24.8 Å². The van der Waals surface area contributed by atoms with Crippen molar-refractivity contribution >= 4 is 23.4 Å². The van der Waals surface area contributed by atoms with Crippen molar-refractivity contribution in [2.24, 2.45) is 0 Å². The van der Waals surface area contributed by atoms with E-state index in [1.54, 1.807) is 48.5 Å². The van der Waals surface area contributed by atoms with Gasteiger partial charge in [-0.2, -0.15) is 0 Å². The lowest BCUT2D eigenvalue weighted by Gasteiger charge is -2.09. The van der Waals surface area contributed by atoms with E-state index in [9.17, 15) is 14.4 Å². The zero-order valence-corrected chi connectivity index (χ0v) is 14.9. The van der Waals surface area contributed by atoms with Gasteiger partial charge in [-0.15, -0.1) is 0 Å². The molecule has 0 aliphatic rings. The number of carbonyl (C=O) groups excluding carboxylic acids is 3. The average molecular weight is 379 g/mol. The average Bonchev–Trinajstić information content (AvgIpc) is 3.27. The van der Waals surface area contributed by atoms with Crippen molar-refractivity contribution < 1.29 is 23.5 Å². The fourth-order valence-electron chi connectivity index (χ4n) is 2.36. The lowest BCUT2D eigenvalue weighted by molar-refractivity contribution is 0.0846. The number of methoxy groups -OCH3 is 1. The SMILES string of the molecule is COc1cccc(C(=O)NNC(=O)c2cccc(NC(=O)c3ccco3)c2)c1. The Bertz CT molecular complexity index is 999. The van der Waals surface area contributed by atoms with E-state index in [0.717, 1.165) is 0 Å². The summed E-state index contributed by atoms with van der Waals surface area (Å²) in [5.41, 5.74) is 5.66. The maximum atomic E-state index is 12.3. The van der Waals surface area contributed by atoms with Crippen molar-refractivity contribution in [3.8, 4) is 5.75 Å². The monoisotopic (exact) mass is 379 g/mol. The molecule has 1 aromatic heterocycles. The first kappa shape index (κ1) is 18.7. The van der Waals surface area contributed by atoms with Crippen LogP contribution in [0.2, 0.25) is 0 Å². The summed E-state index contributed by atoms with van der Waals surface area (Å²) in [6.07, 6.45) is 1.39. The van der Waals surface area contributed by atoms with Gasteiger partial charge in [0.2, 0.25) is 0 Å². The van der Waals surface area contributed by atoms with Crippen LogP contribution in [0.1, 0.15) is 31.3 Å². The summed E-state index contributed by atoms with van der Waals surface area (Å²) in [4.78, 5) is 36.4. The van der Waals surface area contributed by atoms with Gasteiger partial charge in [0.25, 0.3) is 17.7 Å². The third-order valence-corrected chi connectivity index (χ3v) is 3.75. The van der Waals surface area contributed by atoms with Crippen LogP contribution in [0.15, 0.2) is 71.3 Å². The maximum Gasteiger partial charge on any atom is 0.291 e. The summed E-state index contributed by atoms with van der Waals surface area (Å²) in [6.45, 7) is 0. The molecule has 0 fully saturated rings. The van der Waals surface area contributed by atoms with E-state index in [4.69, 9.17) is 9.15 Å². The zero-order valence-electron chi connectivity index (χ0n) is 14.9. The zero-order chi connectivity index (χ0) is 19.9. The highest BCUT2D eigenvalue weighted by Gasteiger charge is 2.12. The number of furan rings is 1. The first-order valence-corrected chi connectivity index (χ1v) is 8.26. The molecule has 3 amide bonds. The normalized spacial score (nSPS) is 10.0. The molecule has 28 heavy (non-hydrogen) atoms. The summed E-state index contributed by atoms with van der Waals surface area (Å²) in [6, 6.07) is 15.9. The molecule has 0 saturated heterocycles. The largest absolute Gasteiger partial charge is 0.497 e. The molecule has 0 bridgehead atoms. The molecule has 0 unspecified atom stereocenters.